The zero-order valence-corrected chi connectivity index (χ0v) is 17.4. The van der Waals surface area contributed by atoms with Crippen molar-refractivity contribution >= 4 is 34.2 Å². The summed E-state index contributed by atoms with van der Waals surface area (Å²) >= 11 is 1.53. The number of thiophene rings is 1. The number of carbonyl (C=O) groups is 2. The van der Waals surface area contributed by atoms with Crippen LogP contribution in [0.1, 0.15) is 33.6 Å². The van der Waals surface area contributed by atoms with Gasteiger partial charge in [0.15, 0.2) is 6.54 Å². The summed E-state index contributed by atoms with van der Waals surface area (Å²) in [6.07, 6.45) is 7.53. The van der Waals surface area contributed by atoms with Crippen LogP contribution in [0.5, 0.6) is 0 Å². The van der Waals surface area contributed by atoms with Gasteiger partial charge in [-0.15, -0.1) is 11.3 Å². The summed E-state index contributed by atoms with van der Waals surface area (Å²) in [6.45, 7) is 3.69. The number of esters is 1. The monoisotopic (exact) mass is 416 g/mol. The lowest BCUT2D eigenvalue weighted by Gasteiger charge is -2.31. The SMILES string of the molecule is COC(=O)c1c(NC(=O)C[NH+]2CCN(c3ncccn3)CC2)sc2c1CCCC2. The number of nitrogens with one attached hydrogen (secondary N) is 2. The Labute approximate surface area is 173 Å². The van der Waals surface area contributed by atoms with Crippen LogP contribution in [0.3, 0.4) is 0 Å². The molecule has 0 saturated carbocycles. The van der Waals surface area contributed by atoms with Crippen LogP contribution in [0.2, 0.25) is 0 Å². The molecule has 2 aromatic rings. The van der Waals surface area contributed by atoms with Crippen LogP contribution in [-0.4, -0.2) is 61.7 Å². The maximum atomic E-state index is 12.7. The van der Waals surface area contributed by atoms with Crippen molar-refractivity contribution in [1.29, 1.82) is 0 Å². The van der Waals surface area contributed by atoms with Crippen molar-refractivity contribution in [3.05, 3.63) is 34.5 Å². The van der Waals surface area contributed by atoms with Gasteiger partial charge in [0.25, 0.3) is 5.91 Å². The highest BCUT2D eigenvalue weighted by molar-refractivity contribution is 7.17. The number of hydrogen-bond donors (Lipinski definition) is 2. The van der Waals surface area contributed by atoms with Crippen molar-refractivity contribution in [2.75, 3.05) is 50.1 Å². The molecular formula is C20H26N5O3S+. The molecule has 2 aliphatic rings. The molecule has 9 heteroatoms. The first-order chi connectivity index (χ1) is 14.2. The van der Waals surface area contributed by atoms with E-state index >= 15 is 0 Å². The molecule has 8 nitrogen and oxygen atoms in total. The van der Waals surface area contributed by atoms with Gasteiger partial charge in [-0.1, -0.05) is 0 Å². The molecule has 1 fully saturated rings. The largest absolute Gasteiger partial charge is 0.465 e. The third-order valence-corrected chi connectivity index (χ3v) is 6.74. The number of hydrogen-bond acceptors (Lipinski definition) is 7. The number of methoxy groups -OCH3 is 1. The zero-order chi connectivity index (χ0) is 20.2. The topological polar surface area (TPSA) is 88.9 Å². The minimum absolute atomic E-state index is 0.0619. The number of fused-ring (bicyclic) bond motifs is 1. The minimum atomic E-state index is -0.358. The standard InChI is InChI=1S/C20H25N5O3S/c1-28-19(27)17-14-5-2-3-6-15(14)29-18(17)23-16(26)13-24-9-11-25(12-10-24)20-21-7-4-8-22-20/h4,7-8H,2-3,5-6,9-13H2,1H3,(H,23,26)/p+1. The average Bonchev–Trinajstić information content (AvgIpc) is 3.12. The molecule has 3 heterocycles. The molecule has 0 atom stereocenters. The van der Waals surface area contributed by atoms with Crippen LogP contribution in [0.4, 0.5) is 10.9 Å². The molecule has 1 saturated heterocycles. The summed E-state index contributed by atoms with van der Waals surface area (Å²) in [5.41, 5.74) is 1.62. The molecule has 0 unspecified atom stereocenters. The number of ether oxygens (including phenoxy) is 1. The van der Waals surface area contributed by atoms with Crippen LogP contribution in [-0.2, 0) is 22.4 Å². The highest BCUT2D eigenvalue weighted by atomic mass is 32.1. The zero-order valence-electron chi connectivity index (χ0n) is 16.6. The molecular weight excluding hydrogens is 390 g/mol. The van der Waals surface area contributed by atoms with E-state index in [0.717, 1.165) is 63.4 Å². The van der Waals surface area contributed by atoms with Gasteiger partial charge in [0, 0.05) is 17.3 Å². The van der Waals surface area contributed by atoms with Crippen molar-refractivity contribution < 1.29 is 19.2 Å². The molecule has 154 valence electrons. The number of anilines is 2. The second-order valence-electron chi connectivity index (χ2n) is 7.42. The maximum Gasteiger partial charge on any atom is 0.341 e. The average molecular weight is 417 g/mol. The van der Waals surface area contributed by atoms with Gasteiger partial charge in [0.2, 0.25) is 5.95 Å². The Morgan fingerprint density at radius 2 is 1.93 bits per heavy atom. The lowest BCUT2D eigenvalue weighted by atomic mass is 9.95. The third kappa shape index (κ3) is 4.40. The predicted octanol–water partition coefficient (Wildman–Crippen LogP) is 0.547. The number of nitrogens with zero attached hydrogens (tertiary/aromatic N) is 3. The minimum Gasteiger partial charge on any atom is -0.465 e. The van der Waals surface area contributed by atoms with Gasteiger partial charge in [-0.05, 0) is 37.3 Å². The van der Waals surface area contributed by atoms with E-state index in [1.165, 1.54) is 28.2 Å². The summed E-state index contributed by atoms with van der Waals surface area (Å²) in [5.74, 6) is 0.319. The van der Waals surface area contributed by atoms with E-state index in [2.05, 4.69) is 20.2 Å². The smallest absolute Gasteiger partial charge is 0.341 e. The Morgan fingerprint density at radius 3 is 2.66 bits per heavy atom. The maximum absolute atomic E-state index is 12.7. The van der Waals surface area contributed by atoms with Gasteiger partial charge in [-0.2, -0.15) is 0 Å². The summed E-state index contributed by atoms with van der Waals surface area (Å²) in [7, 11) is 1.39. The Kier molecular flexibility index (Phi) is 6.05. The van der Waals surface area contributed by atoms with Crippen molar-refractivity contribution in [2.45, 2.75) is 25.7 Å². The van der Waals surface area contributed by atoms with Crippen molar-refractivity contribution in [1.82, 2.24) is 9.97 Å². The number of quaternary nitrogens is 1. The number of rotatable bonds is 5. The number of carbonyl (C=O) groups excluding carboxylic acids is 2. The van der Waals surface area contributed by atoms with E-state index in [1.54, 1.807) is 18.5 Å². The van der Waals surface area contributed by atoms with Gasteiger partial charge < -0.3 is 19.9 Å². The molecule has 2 N–H and O–H groups in total. The number of piperazine rings is 1. The summed E-state index contributed by atoms with van der Waals surface area (Å²) < 4.78 is 4.98. The second kappa shape index (κ2) is 8.87. The Bertz CT molecular complexity index is 878. The highest BCUT2D eigenvalue weighted by Gasteiger charge is 2.28. The molecule has 4 rings (SSSR count). The quantitative estimate of drug-likeness (QED) is 0.692. The van der Waals surface area contributed by atoms with E-state index in [9.17, 15) is 9.59 Å². The van der Waals surface area contributed by atoms with Gasteiger partial charge in [-0.3, -0.25) is 4.79 Å². The first-order valence-electron chi connectivity index (χ1n) is 10.0. The fourth-order valence-electron chi connectivity index (χ4n) is 4.02. The summed E-state index contributed by atoms with van der Waals surface area (Å²) in [5, 5.41) is 3.64. The molecule has 0 spiro atoms. The molecule has 0 radical (unpaired) electrons. The first kappa shape index (κ1) is 19.8. The van der Waals surface area contributed by atoms with Gasteiger partial charge >= 0.3 is 5.97 Å². The Hall–Kier alpha value is -2.52. The molecule has 29 heavy (non-hydrogen) atoms. The van der Waals surface area contributed by atoms with Gasteiger partial charge in [0.05, 0.1) is 38.9 Å². The molecule has 0 bridgehead atoms. The lowest BCUT2D eigenvalue weighted by Crippen LogP contribution is -3.15. The van der Waals surface area contributed by atoms with Crippen LogP contribution in [0.15, 0.2) is 18.5 Å². The van der Waals surface area contributed by atoms with Crippen LogP contribution >= 0.6 is 11.3 Å². The molecule has 1 amide bonds. The van der Waals surface area contributed by atoms with E-state index in [4.69, 9.17) is 4.74 Å². The van der Waals surface area contributed by atoms with E-state index in [1.807, 2.05) is 0 Å². The van der Waals surface area contributed by atoms with E-state index < -0.39 is 0 Å². The summed E-state index contributed by atoms with van der Waals surface area (Å²) in [4.78, 5) is 38.2. The van der Waals surface area contributed by atoms with Gasteiger partial charge in [-0.25, -0.2) is 14.8 Å². The van der Waals surface area contributed by atoms with Crippen LogP contribution in [0, 0.1) is 0 Å². The van der Waals surface area contributed by atoms with Crippen LogP contribution < -0.4 is 15.1 Å². The molecule has 0 aromatic carbocycles. The van der Waals surface area contributed by atoms with Crippen molar-refractivity contribution in [2.24, 2.45) is 0 Å². The lowest BCUT2D eigenvalue weighted by molar-refractivity contribution is -0.892. The number of aromatic nitrogens is 2. The third-order valence-electron chi connectivity index (χ3n) is 5.53. The van der Waals surface area contributed by atoms with Crippen molar-refractivity contribution in [3.63, 3.8) is 0 Å². The van der Waals surface area contributed by atoms with E-state index in [-0.39, 0.29) is 11.9 Å². The highest BCUT2D eigenvalue weighted by Crippen LogP contribution is 2.38. The fourth-order valence-corrected chi connectivity index (χ4v) is 5.32. The number of amides is 1. The number of aryl methyl sites for hydroxylation is 1. The molecule has 2 aromatic heterocycles. The Morgan fingerprint density at radius 1 is 1.21 bits per heavy atom. The normalized spacial score (nSPS) is 16.9. The molecule has 1 aliphatic carbocycles. The van der Waals surface area contributed by atoms with E-state index in [0.29, 0.717) is 17.1 Å². The predicted molar refractivity (Wildman–Crippen MR) is 111 cm³/mol. The first-order valence-corrected chi connectivity index (χ1v) is 10.9. The second-order valence-corrected chi connectivity index (χ2v) is 8.52. The summed E-state index contributed by atoms with van der Waals surface area (Å²) in [6, 6.07) is 1.81. The fraction of sp³-hybridized carbons (Fsp3) is 0.500. The van der Waals surface area contributed by atoms with Gasteiger partial charge in [0.1, 0.15) is 5.00 Å². The van der Waals surface area contributed by atoms with Crippen molar-refractivity contribution in [3.8, 4) is 0 Å². The van der Waals surface area contributed by atoms with Crippen LogP contribution in [0.25, 0.3) is 0 Å². The Balaban J connectivity index is 1.37. The molecule has 1 aliphatic heterocycles.